The van der Waals surface area contributed by atoms with E-state index in [0.29, 0.717) is 28.1 Å². The zero-order valence-electron chi connectivity index (χ0n) is 13.5. The first-order chi connectivity index (χ1) is 12.0. The van der Waals surface area contributed by atoms with E-state index in [1.807, 2.05) is 31.2 Å². The van der Waals surface area contributed by atoms with Crippen LogP contribution in [0.3, 0.4) is 0 Å². The molecule has 1 heterocycles. The van der Waals surface area contributed by atoms with E-state index in [9.17, 15) is 4.79 Å². The van der Waals surface area contributed by atoms with Crippen molar-refractivity contribution in [2.24, 2.45) is 0 Å². The number of halogens is 1. The largest absolute Gasteiger partial charge is 0.488 e. The minimum absolute atomic E-state index is 0.101. The zero-order chi connectivity index (χ0) is 17.8. The molecule has 0 bridgehead atoms. The molecule has 3 aromatic rings. The summed E-state index contributed by atoms with van der Waals surface area (Å²) in [6.07, 6.45) is -0.101. The average Bonchev–Trinajstić information content (AvgIpc) is 3.01. The number of thiazole rings is 1. The van der Waals surface area contributed by atoms with Gasteiger partial charge in [0.1, 0.15) is 17.4 Å². The SMILES string of the molecule is Cc1cccc(COc2ccc(Cl)cc2-c2nc(CC(=O)O)cs2)c1. The van der Waals surface area contributed by atoms with Gasteiger partial charge in [-0.15, -0.1) is 11.3 Å². The second-order valence-electron chi connectivity index (χ2n) is 5.63. The Balaban J connectivity index is 1.85. The highest BCUT2D eigenvalue weighted by molar-refractivity contribution is 7.13. The van der Waals surface area contributed by atoms with Crippen LogP contribution >= 0.6 is 22.9 Å². The summed E-state index contributed by atoms with van der Waals surface area (Å²) >= 11 is 7.50. The van der Waals surface area contributed by atoms with Gasteiger partial charge in [-0.1, -0.05) is 41.4 Å². The Morgan fingerprint density at radius 2 is 2.12 bits per heavy atom. The number of benzene rings is 2. The van der Waals surface area contributed by atoms with Crippen LogP contribution in [0.4, 0.5) is 0 Å². The minimum atomic E-state index is -0.904. The van der Waals surface area contributed by atoms with E-state index in [1.54, 1.807) is 17.5 Å². The first kappa shape index (κ1) is 17.5. The quantitative estimate of drug-likeness (QED) is 0.662. The van der Waals surface area contributed by atoms with Crippen molar-refractivity contribution in [3.05, 3.63) is 69.7 Å². The molecule has 0 aliphatic heterocycles. The van der Waals surface area contributed by atoms with E-state index in [0.717, 1.165) is 11.1 Å². The molecular weight excluding hydrogens is 358 g/mol. The topological polar surface area (TPSA) is 59.4 Å². The Bertz CT molecular complexity index is 907. The van der Waals surface area contributed by atoms with Crippen molar-refractivity contribution in [1.29, 1.82) is 0 Å². The Kier molecular flexibility index (Phi) is 5.36. The number of hydrogen-bond donors (Lipinski definition) is 1. The summed E-state index contributed by atoms with van der Waals surface area (Å²) in [5.74, 6) is -0.235. The third-order valence-electron chi connectivity index (χ3n) is 3.53. The Morgan fingerprint density at radius 1 is 1.28 bits per heavy atom. The van der Waals surface area contributed by atoms with E-state index < -0.39 is 5.97 Å². The smallest absolute Gasteiger partial charge is 0.309 e. The molecular formula is C19H16ClNO3S. The first-order valence-corrected chi connectivity index (χ1v) is 8.91. The summed E-state index contributed by atoms with van der Waals surface area (Å²) in [6, 6.07) is 13.5. The average molecular weight is 374 g/mol. The maximum atomic E-state index is 10.8. The third kappa shape index (κ3) is 4.59. The molecule has 1 N–H and O–H groups in total. The van der Waals surface area contributed by atoms with Crippen LogP contribution in [0.15, 0.2) is 47.8 Å². The number of carboxylic acids is 1. The van der Waals surface area contributed by atoms with Crippen molar-refractivity contribution in [3.63, 3.8) is 0 Å². The van der Waals surface area contributed by atoms with Crippen LogP contribution in [0.1, 0.15) is 16.8 Å². The maximum absolute atomic E-state index is 10.8. The number of aryl methyl sites for hydroxylation is 1. The summed E-state index contributed by atoms with van der Waals surface area (Å²) in [5, 5.41) is 11.9. The minimum Gasteiger partial charge on any atom is -0.488 e. The molecule has 6 heteroatoms. The lowest BCUT2D eigenvalue weighted by atomic mass is 10.1. The van der Waals surface area contributed by atoms with Crippen LogP contribution in [0.5, 0.6) is 5.75 Å². The molecule has 0 radical (unpaired) electrons. The molecule has 25 heavy (non-hydrogen) atoms. The van der Waals surface area contributed by atoms with Crippen LogP contribution in [-0.4, -0.2) is 16.1 Å². The van der Waals surface area contributed by atoms with Gasteiger partial charge in [-0.3, -0.25) is 4.79 Å². The number of carboxylic acid groups (broad SMARTS) is 1. The van der Waals surface area contributed by atoms with Crippen LogP contribution < -0.4 is 4.74 Å². The summed E-state index contributed by atoms with van der Waals surface area (Å²) in [4.78, 5) is 15.2. The molecule has 0 fully saturated rings. The molecule has 1 aromatic heterocycles. The fraction of sp³-hybridized carbons (Fsp3) is 0.158. The summed E-state index contributed by atoms with van der Waals surface area (Å²) in [7, 11) is 0. The molecule has 0 saturated carbocycles. The monoisotopic (exact) mass is 373 g/mol. The van der Waals surface area contributed by atoms with E-state index in [4.69, 9.17) is 21.4 Å². The van der Waals surface area contributed by atoms with Gasteiger partial charge in [-0.2, -0.15) is 0 Å². The van der Waals surface area contributed by atoms with Gasteiger partial charge in [0.15, 0.2) is 0 Å². The number of nitrogens with zero attached hydrogens (tertiary/aromatic N) is 1. The molecule has 0 spiro atoms. The standard InChI is InChI=1S/C19H16ClNO3S/c1-12-3-2-4-13(7-12)10-24-17-6-5-14(20)8-16(17)19-21-15(11-25-19)9-18(22)23/h2-8,11H,9-10H2,1H3,(H,22,23). The van der Waals surface area contributed by atoms with Gasteiger partial charge in [-0.25, -0.2) is 4.98 Å². The fourth-order valence-corrected chi connectivity index (χ4v) is 3.44. The molecule has 3 rings (SSSR count). The van der Waals surface area contributed by atoms with E-state index >= 15 is 0 Å². The van der Waals surface area contributed by atoms with Gasteiger partial charge in [0.05, 0.1) is 17.7 Å². The van der Waals surface area contributed by atoms with Crippen molar-refractivity contribution in [2.75, 3.05) is 0 Å². The van der Waals surface area contributed by atoms with E-state index in [-0.39, 0.29) is 6.42 Å². The van der Waals surface area contributed by atoms with Crippen molar-refractivity contribution in [3.8, 4) is 16.3 Å². The highest BCUT2D eigenvalue weighted by atomic mass is 35.5. The molecule has 4 nitrogen and oxygen atoms in total. The summed E-state index contributed by atoms with van der Waals surface area (Å²) in [6.45, 7) is 2.47. The lowest BCUT2D eigenvalue weighted by Crippen LogP contribution is -2.00. The second-order valence-corrected chi connectivity index (χ2v) is 6.93. The summed E-state index contributed by atoms with van der Waals surface area (Å²) < 4.78 is 5.97. The number of ether oxygens (including phenoxy) is 1. The lowest BCUT2D eigenvalue weighted by molar-refractivity contribution is -0.136. The van der Waals surface area contributed by atoms with E-state index in [1.165, 1.54) is 16.9 Å². The number of hydrogen-bond acceptors (Lipinski definition) is 4. The lowest BCUT2D eigenvalue weighted by Gasteiger charge is -2.11. The van der Waals surface area contributed by atoms with Gasteiger partial charge >= 0.3 is 5.97 Å². The van der Waals surface area contributed by atoms with Gasteiger partial charge < -0.3 is 9.84 Å². The van der Waals surface area contributed by atoms with Gasteiger partial charge in [0, 0.05) is 10.4 Å². The van der Waals surface area contributed by atoms with Crippen molar-refractivity contribution >= 4 is 28.9 Å². The zero-order valence-corrected chi connectivity index (χ0v) is 15.1. The van der Waals surface area contributed by atoms with Gasteiger partial charge in [0.2, 0.25) is 0 Å². The molecule has 128 valence electrons. The van der Waals surface area contributed by atoms with Crippen molar-refractivity contribution in [2.45, 2.75) is 20.0 Å². The third-order valence-corrected chi connectivity index (χ3v) is 4.69. The van der Waals surface area contributed by atoms with Crippen LogP contribution in [0, 0.1) is 6.92 Å². The van der Waals surface area contributed by atoms with Crippen LogP contribution in [0.2, 0.25) is 5.02 Å². The normalized spacial score (nSPS) is 10.6. The highest BCUT2D eigenvalue weighted by Crippen LogP contribution is 2.35. The maximum Gasteiger partial charge on any atom is 0.309 e. The van der Waals surface area contributed by atoms with Gasteiger partial charge in [0.25, 0.3) is 0 Å². The molecule has 0 aliphatic rings. The number of carbonyl (C=O) groups is 1. The number of aliphatic carboxylic acids is 1. The molecule has 0 atom stereocenters. The summed E-state index contributed by atoms with van der Waals surface area (Å²) in [5.41, 5.74) is 3.54. The predicted octanol–water partition coefficient (Wildman–Crippen LogP) is 4.98. The molecule has 0 aliphatic carbocycles. The second kappa shape index (κ2) is 7.68. The molecule has 2 aromatic carbocycles. The van der Waals surface area contributed by atoms with Crippen molar-refractivity contribution < 1.29 is 14.6 Å². The van der Waals surface area contributed by atoms with Crippen molar-refractivity contribution in [1.82, 2.24) is 4.98 Å². The highest BCUT2D eigenvalue weighted by Gasteiger charge is 2.13. The first-order valence-electron chi connectivity index (χ1n) is 7.66. The molecule has 0 amide bonds. The Morgan fingerprint density at radius 3 is 2.88 bits per heavy atom. The van der Waals surface area contributed by atoms with Crippen LogP contribution in [-0.2, 0) is 17.8 Å². The fourth-order valence-electron chi connectivity index (χ4n) is 2.43. The molecule has 0 saturated heterocycles. The predicted molar refractivity (Wildman–Crippen MR) is 99.4 cm³/mol. The van der Waals surface area contributed by atoms with E-state index in [2.05, 4.69) is 11.1 Å². The van der Waals surface area contributed by atoms with Crippen LogP contribution in [0.25, 0.3) is 10.6 Å². The number of rotatable bonds is 6. The Hall–Kier alpha value is -2.37. The molecule has 0 unspecified atom stereocenters. The Labute approximate surface area is 154 Å². The van der Waals surface area contributed by atoms with Gasteiger partial charge in [-0.05, 0) is 30.7 Å². The number of aromatic nitrogens is 1.